The van der Waals surface area contributed by atoms with E-state index in [9.17, 15) is 13.2 Å². The molecule has 1 atom stereocenters. The summed E-state index contributed by atoms with van der Waals surface area (Å²) in [5.74, 6) is 0.548. The summed E-state index contributed by atoms with van der Waals surface area (Å²) in [6.45, 7) is 5.20. The maximum absolute atomic E-state index is 12.4. The molecule has 0 bridgehead atoms. The third-order valence-electron chi connectivity index (χ3n) is 4.88. The van der Waals surface area contributed by atoms with Gasteiger partial charge in [-0.1, -0.05) is 18.2 Å². The van der Waals surface area contributed by atoms with Gasteiger partial charge in [0, 0.05) is 38.3 Å². The number of carbonyl (C=O) groups excluding carboxylic acids is 1. The molecule has 0 aromatic heterocycles. The molecule has 1 aromatic carbocycles. The van der Waals surface area contributed by atoms with Crippen molar-refractivity contribution >= 4 is 21.4 Å². The van der Waals surface area contributed by atoms with Crippen molar-refractivity contribution < 1.29 is 13.2 Å². The number of hydrogen-bond acceptors (Lipinski definition) is 4. The Morgan fingerprint density at radius 3 is 2.48 bits per heavy atom. The molecule has 1 aromatic rings. The second-order valence-corrected chi connectivity index (χ2v) is 8.86. The van der Waals surface area contributed by atoms with Crippen LogP contribution < -0.4 is 4.90 Å². The Hall–Kier alpha value is -1.56. The molecular weight excluding hydrogens is 312 g/mol. The third-order valence-corrected chi connectivity index (χ3v) is 6.72. The first-order valence-corrected chi connectivity index (χ1v) is 10.1. The van der Waals surface area contributed by atoms with E-state index in [1.165, 1.54) is 11.3 Å². The molecule has 126 valence electrons. The predicted octanol–water partition coefficient (Wildman–Crippen LogP) is 1.47. The van der Waals surface area contributed by atoms with Gasteiger partial charge in [-0.3, -0.25) is 4.79 Å². The average molecular weight is 336 g/mol. The van der Waals surface area contributed by atoms with Gasteiger partial charge in [0.15, 0.2) is 9.84 Å². The molecule has 2 saturated heterocycles. The lowest BCUT2D eigenvalue weighted by Gasteiger charge is -2.37. The Morgan fingerprint density at radius 2 is 1.87 bits per heavy atom. The van der Waals surface area contributed by atoms with Gasteiger partial charge in [0.05, 0.1) is 11.5 Å². The van der Waals surface area contributed by atoms with Gasteiger partial charge in [0.2, 0.25) is 5.91 Å². The summed E-state index contributed by atoms with van der Waals surface area (Å²) >= 11 is 0. The fourth-order valence-corrected chi connectivity index (χ4v) is 5.39. The number of rotatable bonds is 3. The van der Waals surface area contributed by atoms with E-state index in [0.29, 0.717) is 25.9 Å². The standard InChI is InChI=1S/C17H24N2O3S/c1-14-4-2-3-5-16(14)18-7-9-19(10-8-18)17(20)12-15-6-11-23(21,22)13-15/h2-5,15H,6-13H2,1H3/t15-/m1/s1. The Labute approximate surface area is 138 Å². The van der Waals surface area contributed by atoms with E-state index in [1.54, 1.807) is 0 Å². The molecule has 0 unspecified atom stereocenters. The van der Waals surface area contributed by atoms with Gasteiger partial charge in [-0.25, -0.2) is 8.42 Å². The normalized spacial score (nSPS) is 24.0. The van der Waals surface area contributed by atoms with Crippen LogP contribution in [0.15, 0.2) is 24.3 Å². The lowest BCUT2D eigenvalue weighted by molar-refractivity contribution is -0.132. The molecule has 0 N–H and O–H groups in total. The summed E-state index contributed by atoms with van der Waals surface area (Å²) in [6, 6.07) is 8.30. The van der Waals surface area contributed by atoms with Crippen LogP contribution in [0.1, 0.15) is 18.4 Å². The maximum atomic E-state index is 12.4. The van der Waals surface area contributed by atoms with E-state index in [0.717, 1.165) is 13.1 Å². The second-order valence-electron chi connectivity index (χ2n) is 6.63. The molecular formula is C17H24N2O3S. The van der Waals surface area contributed by atoms with E-state index < -0.39 is 9.84 Å². The molecule has 2 fully saturated rings. The number of amides is 1. The highest BCUT2D eigenvalue weighted by Crippen LogP contribution is 2.24. The SMILES string of the molecule is Cc1ccccc1N1CCN(C(=O)C[C@H]2CCS(=O)(=O)C2)CC1. The number of piperazine rings is 1. The Balaban J connectivity index is 1.53. The minimum absolute atomic E-state index is 0.0156. The third kappa shape index (κ3) is 3.86. The Kier molecular flexibility index (Phi) is 4.62. The predicted molar refractivity (Wildman–Crippen MR) is 91.3 cm³/mol. The zero-order chi connectivity index (χ0) is 16.4. The average Bonchev–Trinajstić information content (AvgIpc) is 2.87. The molecule has 0 aliphatic carbocycles. The number of hydrogen-bond donors (Lipinski definition) is 0. The van der Waals surface area contributed by atoms with E-state index >= 15 is 0 Å². The summed E-state index contributed by atoms with van der Waals surface area (Å²) in [5.41, 5.74) is 2.49. The summed E-state index contributed by atoms with van der Waals surface area (Å²) in [4.78, 5) is 16.6. The topological polar surface area (TPSA) is 57.7 Å². The Morgan fingerprint density at radius 1 is 1.17 bits per heavy atom. The molecule has 6 heteroatoms. The number of anilines is 1. The van der Waals surface area contributed by atoms with E-state index in [1.807, 2.05) is 17.0 Å². The van der Waals surface area contributed by atoms with Crippen LogP contribution in [0.4, 0.5) is 5.69 Å². The van der Waals surface area contributed by atoms with Crippen molar-refractivity contribution in [1.82, 2.24) is 4.90 Å². The van der Waals surface area contributed by atoms with Gasteiger partial charge < -0.3 is 9.80 Å². The van der Waals surface area contributed by atoms with Crippen molar-refractivity contribution in [3.8, 4) is 0 Å². The largest absolute Gasteiger partial charge is 0.368 e. The molecule has 0 spiro atoms. The molecule has 23 heavy (non-hydrogen) atoms. The van der Waals surface area contributed by atoms with Crippen molar-refractivity contribution in [3.63, 3.8) is 0 Å². The zero-order valence-electron chi connectivity index (χ0n) is 13.6. The van der Waals surface area contributed by atoms with E-state index in [2.05, 4.69) is 24.0 Å². The van der Waals surface area contributed by atoms with Crippen LogP contribution in [0.3, 0.4) is 0 Å². The fourth-order valence-electron chi connectivity index (χ4n) is 3.52. The van der Waals surface area contributed by atoms with Crippen LogP contribution in [-0.2, 0) is 14.6 Å². The van der Waals surface area contributed by atoms with Crippen molar-refractivity contribution in [2.75, 3.05) is 42.6 Å². The number of aryl methyl sites for hydroxylation is 1. The van der Waals surface area contributed by atoms with Crippen LogP contribution in [0.2, 0.25) is 0 Å². The number of para-hydroxylation sites is 1. The zero-order valence-corrected chi connectivity index (χ0v) is 14.4. The minimum Gasteiger partial charge on any atom is -0.368 e. The van der Waals surface area contributed by atoms with Crippen LogP contribution in [-0.4, -0.2) is 56.9 Å². The smallest absolute Gasteiger partial charge is 0.223 e. The first-order chi connectivity index (χ1) is 10.9. The molecule has 3 rings (SSSR count). The minimum atomic E-state index is -2.90. The summed E-state index contributed by atoms with van der Waals surface area (Å²) < 4.78 is 23.0. The molecule has 2 aliphatic rings. The second kappa shape index (κ2) is 6.51. The van der Waals surface area contributed by atoms with Gasteiger partial charge in [0.25, 0.3) is 0 Å². The van der Waals surface area contributed by atoms with Crippen molar-refractivity contribution in [1.29, 1.82) is 0 Å². The van der Waals surface area contributed by atoms with Gasteiger partial charge >= 0.3 is 0 Å². The maximum Gasteiger partial charge on any atom is 0.223 e. The monoisotopic (exact) mass is 336 g/mol. The van der Waals surface area contributed by atoms with Crippen molar-refractivity contribution in [2.45, 2.75) is 19.8 Å². The van der Waals surface area contributed by atoms with E-state index in [4.69, 9.17) is 0 Å². The van der Waals surface area contributed by atoms with Crippen LogP contribution >= 0.6 is 0 Å². The number of nitrogens with zero attached hydrogens (tertiary/aromatic N) is 2. The van der Waals surface area contributed by atoms with Crippen LogP contribution in [0.25, 0.3) is 0 Å². The highest BCUT2D eigenvalue weighted by atomic mass is 32.2. The van der Waals surface area contributed by atoms with Gasteiger partial charge in [-0.15, -0.1) is 0 Å². The van der Waals surface area contributed by atoms with Gasteiger partial charge in [0.1, 0.15) is 0 Å². The van der Waals surface area contributed by atoms with Gasteiger partial charge in [-0.2, -0.15) is 0 Å². The number of sulfone groups is 1. The molecule has 0 radical (unpaired) electrons. The lowest BCUT2D eigenvalue weighted by atomic mass is 10.0. The summed E-state index contributed by atoms with van der Waals surface area (Å²) in [5, 5.41) is 0. The number of carbonyl (C=O) groups is 1. The highest BCUT2D eigenvalue weighted by molar-refractivity contribution is 7.91. The van der Waals surface area contributed by atoms with Crippen molar-refractivity contribution in [2.24, 2.45) is 5.92 Å². The quantitative estimate of drug-likeness (QED) is 0.839. The molecule has 0 saturated carbocycles. The molecule has 2 aliphatic heterocycles. The first kappa shape index (κ1) is 16.3. The van der Waals surface area contributed by atoms with Crippen molar-refractivity contribution in [3.05, 3.63) is 29.8 Å². The van der Waals surface area contributed by atoms with E-state index in [-0.39, 0.29) is 23.3 Å². The highest BCUT2D eigenvalue weighted by Gasteiger charge is 2.31. The summed E-state index contributed by atoms with van der Waals surface area (Å²) in [7, 11) is -2.90. The Bertz CT molecular complexity index is 679. The fraction of sp³-hybridized carbons (Fsp3) is 0.588. The molecule has 2 heterocycles. The van der Waals surface area contributed by atoms with Gasteiger partial charge in [-0.05, 0) is 30.9 Å². The lowest BCUT2D eigenvalue weighted by Crippen LogP contribution is -2.49. The number of benzene rings is 1. The van der Waals surface area contributed by atoms with Crippen LogP contribution in [0.5, 0.6) is 0 Å². The molecule has 5 nitrogen and oxygen atoms in total. The first-order valence-electron chi connectivity index (χ1n) is 8.23. The van der Waals surface area contributed by atoms with Crippen LogP contribution in [0, 0.1) is 12.8 Å². The summed E-state index contributed by atoms with van der Waals surface area (Å²) in [6.07, 6.45) is 1.01. The molecule has 1 amide bonds.